The fraction of sp³-hybridized carbons (Fsp3) is 0.394. The summed E-state index contributed by atoms with van der Waals surface area (Å²) in [5.74, 6) is -0.160. The smallest absolute Gasteiger partial charge is 0.337 e. The number of aryl methyl sites for hydroxylation is 2. The molecule has 41 heavy (non-hydrogen) atoms. The fourth-order valence-electron chi connectivity index (χ4n) is 6.27. The Balaban J connectivity index is 1.34. The van der Waals surface area contributed by atoms with Gasteiger partial charge in [0.1, 0.15) is 0 Å². The minimum atomic E-state index is -0.493. The Morgan fingerprint density at radius 2 is 1.56 bits per heavy atom. The van der Waals surface area contributed by atoms with Gasteiger partial charge in [-0.3, -0.25) is 19.1 Å². The number of hydrogen-bond acceptors (Lipinski definition) is 5. The Bertz CT molecular complexity index is 1690. The SMILES string of the molecule is Cc1cc(C(=O)N2CCCCC2)c2c(=O)n(-c3ccccc3)c(=O)n(CCCCN3CCc4ccccc4C3)c2n1. The maximum absolute atomic E-state index is 14.0. The van der Waals surface area contributed by atoms with Gasteiger partial charge in [-0.1, -0.05) is 42.5 Å². The Morgan fingerprint density at radius 3 is 2.34 bits per heavy atom. The van der Waals surface area contributed by atoms with Crippen LogP contribution in [0.15, 0.2) is 70.3 Å². The highest BCUT2D eigenvalue weighted by Gasteiger charge is 2.26. The van der Waals surface area contributed by atoms with E-state index in [-0.39, 0.29) is 11.3 Å². The number of fused-ring (bicyclic) bond motifs is 2. The molecular formula is C33H37N5O3. The van der Waals surface area contributed by atoms with Gasteiger partial charge in [0.25, 0.3) is 11.5 Å². The normalized spacial score (nSPS) is 15.7. The summed E-state index contributed by atoms with van der Waals surface area (Å²) in [6.07, 6.45) is 5.73. The summed E-state index contributed by atoms with van der Waals surface area (Å²) in [6, 6.07) is 19.3. The minimum absolute atomic E-state index is 0.160. The molecule has 0 radical (unpaired) electrons. The topological polar surface area (TPSA) is 80.4 Å². The summed E-state index contributed by atoms with van der Waals surface area (Å²) < 4.78 is 2.81. The van der Waals surface area contributed by atoms with E-state index in [4.69, 9.17) is 0 Å². The van der Waals surface area contributed by atoms with E-state index < -0.39 is 11.2 Å². The van der Waals surface area contributed by atoms with E-state index in [2.05, 4.69) is 34.1 Å². The maximum atomic E-state index is 14.0. The van der Waals surface area contributed by atoms with Crippen LogP contribution in [0.4, 0.5) is 0 Å². The van der Waals surface area contributed by atoms with Crippen molar-refractivity contribution in [3.05, 3.63) is 104 Å². The van der Waals surface area contributed by atoms with E-state index in [0.717, 1.165) is 58.2 Å². The maximum Gasteiger partial charge on any atom is 0.337 e. The predicted molar refractivity (Wildman–Crippen MR) is 161 cm³/mol. The number of pyridine rings is 1. The summed E-state index contributed by atoms with van der Waals surface area (Å²) in [4.78, 5) is 50.6. The summed E-state index contributed by atoms with van der Waals surface area (Å²) in [6.45, 7) is 6.50. The van der Waals surface area contributed by atoms with Crippen LogP contribution in [0, 0.1) is 6.92 Å². The van der Waals surface area contributed by atoms with Gasteiger partial charge in [-0.25, -0.2) is 14.3 Å². The van der Waals surface area contributed by atoms with Gasteiger partial charge in [0, 0.05) is 38.4 Å². The lowest BCUT2D eigenvalue weighted by Crippen LogP contribution is -2.41. The molecule has 1 amide bonds. The second-order valence-corrected chi connectivity index (χ2v) is 11.3. The molecule has 2 aliphatic heterocycles. The first kappa shape index (κ1) is 27.1. The van der Waals surface area contributed by atoms with Gasteiger partial charge in [-0.05, 0) is 81.3 Å². The Kier molecular flexibility index (Phi) is 7.83. The number of carbonyl (C=O) groups excluding carboxylic acids is 1. The molecule has 1 fully saturated rings. The Hall–Kier alpha value is -4.04. The van der Waals surface area contributed by atoms with Crippen LogP contribution >= 0.6 is 0 Å². The number of rotatable bonds is 7. The van der Waals surface area contributed by atoms with E-state index in [9.17, 15) is 14.4 Å². The molecular weight excluding hydrogens is 514 g/mol. The first-order chi connectivity index (χ1) is 20.0. The Morgan fingerprint density at radius 1 is 0.854 bits per heavy atom. The largest absolute Gasteiger partial charge is 0.339 e. The monoisotopic (exact) mass is 551 g/mol. The molecule has 0 saturated carbocycles. The summed E-state index contributed by atoms with van der Waals surface area (Å²) >= 11 is 0. The average Bonchev–Trinajstić information content (AvgIpc) is 3.00. The van der Waals surface area contributed by atoms with Crippen LogP contribution in [0.1, 0.15) is 59.3 Å². The molecule has 212 valence electrons. The van der Waals surface area contributed by atoms with Crippen LogP contribution in [0.2, 0.25) is 0 Å². The van der Waals surface area contributed by atoms with E-state index in [1.165, 1.54) is 15.7 Å². The molecule has 6 rings (SSSR count). The fourth-order valence-corrected chi connectivity index (χ4v) is 6.27. The van der Waals surface area contributed by atoms with Gasteiger partial charge >= 0.3 is 5.69 Å². The highest BCUT2D eigenvalue weighted by atomic mass is 16.2. The van der Waals surface area contributed by atoms with Crippen molar-refractivity contribution in [1.82, 2.24) is 23.9 Å². The second-order valence-electron chi connectivity index (χ2n) is 11.3. The minimum Gasteiger partial charge on any atom is -0.339 e. The van der Waals surface area contributed by atoms with E-state index >= 15 is 0 Å². The number of carbonyl (C=O) groups is 1. The van der Waals surface area contributed by atoms with Crippen molar-refractivity contribution in [3.63, 3.8) is 0 Å². The number of hydrogen-bond donors (Lipinski definition) is 0. The van der Waals surface area contributed by atoms with Crippen molar-refractivity contribution in [3.8, 4) is 5.69 Å². The van der Waals surface area contributed by atoms with Gasteiger partial charge in [0.15, 0.2) is 5.65 Å². The van der Waals surface area contributed by atoms with Crippen LogP contribution in [-0.2, 0) is 19.5 Å². The Labute approximate surface area is 239 Å². The number of likely N-dealkylation sites (tertiary alicyclic amines) is 1. The lowest BCUT2D eigenvalue weighted by molar-refractivity contribution is 0.0726. The molecule has 4 heterocycles. The van der Waals surface area contributed by atoms with Crippen molar-refractivity contribution in [1.29, 1.82) is 0 Å². The van der Waals surface area contributed by atoms with Crippen molar-refractivity contribution >= 4 is 16.9 Å². The second kappa shape index (κ2) is 11.8. The number of amides is 1. The van der Waals surface area contributed by atoms with Crippen LogP contribution in [0.25, 0.3) is 16.7 Å². The van der Waals surface area contributed by atoms with E-state index in [0.29, 0.717) is 42.2 Å². The first-order valence-corrected chi connectivity index (χ1v) is 14.8. The van der Waals surface area contributed by atoms with Gasteiger partial charge in [-0.15, -0.1) is 0 Å². The lowest BCUT2D eigenvalue weighted by Gasteiger charge is -2.28. The number of piperidine rings is 1. The lowest BCUT2D eigenvalue weighted by atomic mass is 10.00. The van der Waals surface area contributed by atoms with Gasteiger partial charge in [0.2, 0.25) is 0 Å². The highest BCUT2D eigenvalue weighted by Crippen LogP contribution is 2.21. The molecule has 0 spiro atoms. The zero-order valence-electron chi connectivity index (χ0n) is 23.7. The predicted octanol–water partition coefficient (Wildman–Crippen LogP) is 4.32. The standard InChI is InChI=1S/C33H37N5O3/c1-24-22-28(31(39)36-18-8-3-9-19-36)29-30(34-24)37(33(41)38(32(29)40)27-14-4-2-5-15-27)20-11-10-17-35-21-16-25-12-6-7-13-26(25)23-35/h2,4-7,12-15,22H,3,8-11,16-21,23H2,1H3. The molecule has 0 unspecified atom stereocenters. The zero-order valence-corrected chi connectivity index (χ0v) is 23.7. The molecule has 0 aliphatic carbocycles. The number of aromatic nitrogens is 3. The molecule has 0 N–H and O–H groups in total. The molecule has 4 aromatic rings. The summed E-state index contributed by atoms with van der Waals surface area (Å²) in [7, 11) is 0. The third-order valence-corrected chi connectivity index (χ3v) is 8.43. The number of benzene rings is 2. The van der Waals surface area contributed by atoms with Crippen LogP contribution in [0.5, 0.6) is 0 Å². The summed E-state index contributed by atoms with van der Waals surface area (Å²) in [5, 5.41) is 0.224. The van der Waals surface area contributed by atoms with E-state index in [1.54, 1.807) is 34.9 Å². The average molecular weight is 552 g/mol. The summed E-state index contributed by atoms with van der Waals surface area (Å²) in [5.41, 5.74) is 3.66. The molecule has 2 aliphatic rings. The quantitative estimate of drug-likeness (QED) is 0.320. The van der Waals surface area contributed by atoms with Crippen LogP contribution < -0.4 is 11.2 Å². The van der Waals surface area contributed by atoms with Crippen LogP contribution in [0.3, 0.4) is 0 Å². The molecule has 0 atom stereocenters. The zero-order chi connectivity index (χ0) is 28.3. The van der Waals surface area contributed by atoms with Crippen molar-refractivity contribution in [2.45, 2.75) is 58.5 Å². The molecule has 8 heteroatoms. The van der Waals surface area contributed by atoms with Crippen molar-refractivity contribution < 1.29 is 4.79 Å². The first-order valence-electron chi connectivity index (χ1n) is 14.8. The van der Waals surface area contributed by atoms with Gasteiger partial charge in [-0.2, -0.15) is 0 Å². The highest BCUT2D eigenvalue weighted by molar-refractivity contribution is 6.05. The van der Waals surface area contributed by atoms with Crippen LogP contribution in [-0.4, -0.2) is 56.0 Å². The van der Waals surface area contributed by atoms with Crippen molar-refractivity contribution in [2.75, 3.05) is 26.2 Å². The van der Waals surface area contributed by atoms with E-state index in [1.807, 2.05) is 17.9 Å². The molecule has 2 aromatic carbocycles. The number of unbranched alkanes of at least 4 members (excludes halogenated alkanes) is 1. The third-order valence-electron chi connectivity index (χ3n) is 8.43. The third kappa shape index (κ3) is 5.48. The molecule has 0 bridgehead atoms. The van der Waals surface area contributed by atoms with Gasteiger partial charge < -0.3 is 4.90 Å². The molecule has 1 saturated heterocycles. The van der Waals surface area contributed by atoms with Gasteiger partial charge in [0.05, 0.1) is 16.6 Å². The molecule has 2 aromatic heterocycles. The number of para-hydroxylation sites is 1. The number of nitrogens with zero attached hydrogens (tertiary/aromatic N) is 5. The van der Waals surface area contributed by atoms with Crippen molar-refractivity contribution in [2.24, 2.45) is 0 Å². The molecule has 8 nitrogen and oxygen atoms in total.